The first-order valence-electron chi connectivity index (χ1n) is 4.00. The molecule has 0 nitrogen and oxygen atoms in total. The second kappa shape index (κ2) is 7.80. The van der Waals surface area contributed by atoms with Crippen molar-refractivity contribution in [1.82, 2.24) is 0 Å². The third-order valence-corrected chi connectivity index (χ3v) is 3.39. The first-order valence-corrected chi connectivity index (χ1v) is 6.20. The summed E-state index contributed by atoms with van der Waals surface area (Å²) in [4.78, 5) is 0. The van der Waals surface area contributed by atoms with Gasteiger partial charge >= 0.3 is 0 Å². The first kappa shape index (κ1) is 10.7. The molecule has 0 radical (unpaired) electrons. The molecule has 0 aromatic rings. The standard InChI is InChI=1S/C8H18S2/c1-4-9-7-6-8(3)10-5-2/h8H,4-7H2,1-3H3. The summed E-state index contributed by atoms with van der Waals surface area (Å²) in [5.41, 5.74) is 0. The molecule has 0 fully saturated rings. The third-order valence-electron chi connectivity index (χ3n) is 1.32. The highest BCUT2D eigenvalue weighted by Crippen LogP contribution is 2.15. The molecule has 0 heterocycles. The van der Waals surface area contributed by atoms with Crippen LogP contribution in [0, 0.1) is 0 Å². The van der Waals surface area contributed by atoms with Gasteiger partial charge in [-0.25, -0.2) is 0 Å². The monoisotopic (exact) mass is 178 g/mol. The minimum absolute atomic E-state index is 0.865. The van der Waals surface area contributed by atoms with E-state index >= 15 is 0 Å². The van der Waals surface area contributed by atoms with E-state index in [0.717, 1.165) is 5.25 Å². The predicted octanol–water partition coefficient (Wildman–Crippen LogP) is 3.27. The Morgan fingerprint density at radius 1 is 1.20 bits per heavy atom. The number of rotatable bonds is 6. The molecule has 0 amide bonds. The number of hydrogen-bond donors (Lipinski definition) is 0. The van der Waals surface area contributed by atoms with E-state index in [1.54, 1.807) is 0 Å². The lowest BCUT2D eigenvalue weighted by atomic mass is 10.4. The smallest absolute Gasteiger partial charge is 0.00264 e. The van der Waals surface area contributed by atoms with Crippen LogP contribution in [0.15, 0.2) is 0 Å². The topological polar surface area (TPSA) is 0 Å². The Bertz CT molecular complexity index is 64.3. The minimum atomic E-state index is 0.865. The molecule has 0 bridgehead atoms. The van der Waals surface area contributed by atoms with Crippen molar-refractivity contribution in [3.05, 3.63) is 0 Å². The van der Waals surface area contributed by atoms with Gasteiger partial charge in [-0.05, 0) is 23.7 Å². The van der Waals surface area contributed by atoms with E-state index < -0.39 is 0 Å². The van der Waals surface area contributed by atoms with Gasteiger partial charge in [0.15, 0.2) is 0 Å². The predicted molar refractivity (Wildman–Crippen MR) is 55.2 cm³/mol. The molecule has 0 rings (SSSR count). The highest BCUT2D eigenvalue weighted by atomic mass is 32.2. The Labute approximate surface area is 73.5 Å². The summed E-state index contributed by atoms with van der Waals surface area (Å²) in [6.45, 7) is 6.78. The van der Waals surface area contributed by atoms with Crippen molar-refractivity contribution >= 4 is 23.5 Å². The molecule has 10 heavy (non-hydrogen) atoms. The summed E-state index contributed by atoms with van der Waals surface area (Å²) in [7, 11) is 0. The largest absolute Gasteiger partial charge is 0.162 e. The van der Waals surface area contributed by atoms with Crippen molar-refractivity contribution < 1.29 is 0 Å². The molecule has 0 spiro atoms. The van der Waals surface area contributed by atoms with Crippen LogP contribution in [0.25, 0.3) is 0 Å². The fourth-order valence-electron chi connectivity index (χ4n) is 0.761. The summed E-state index contributed by atoms with van der Waals surface area (Å²) in [6.07, 6.45) is 1.37. The number of thioether (sulfide) groups is 2. The maximum atomic E-state index is 2.32. The van der Waals surface area contributed by atoms with Gasteiger partial charge in [0, 0.05) is 5.25 Å². The van der Waals surface area contributed by atoms with Crippen molar-refractivity contribution in [3.8, 4) is 0 Å². The van der Waals surface area contributed by atoms with Crippen LogP contribution in [0.3, 0.4) is 0 Å². The number of hydrogen-bond acceptors (Lipinski definition) is 2. The molecule has 0 aliphatic heterocycles. The molecular weight excluding hydrogens is 160 g/mol. The summed E-state index contributed by atoms with van der Waals surface area (Å²) in [5, 5.41) is 0.865. The Morgan fingerprint density at radius 2 is 1.90 bits per heavy atom. The summed E-state index contributed by atoms with van der Waals surface area (Å²) in [6, 6.07) is 0. The average molecular weight is 178 g/mol. The van der Waals surface area contributed by atoms with Crippen molar-refractivity contribution in [2.24, 2.45) is 0 Å². The summed E-state index contributed by atoms with van der Waals surface area (Å²) >= 11 is 4.12. The van der Waals surface area contributed by atoms with Crippen molar-refractivity contribution in [1.29, 1.82) is 0 Å². The highest BCUT2D eigenvalue weighted by molar-refractivity contribution is 8.00. The van der Waals surface area contributed by atoms with Crippen LogP contribution in [0.5, 0.6) is 0 Å². The molecule has 1 unspecified atom stereocenters. The normalized spacial score (nSPS) is 13.5. The Kier molecular flexibility index (Phi) is 8.35. The molecule has 0 aliphatic carbocycles. The van der Waals surface area contributed by atoms with Crippen LogP contribution in [-0.2, 0) is 0 Å². The van der Waals surface area contributed by atoms with Crippen LogP contribution in [0.2, 0.25) is 0 Å². The first-order chi connectivity index (χ1) is 4.81. The average Bonchev–Trinajstić information content (AvgIpc) is 1.89. The molecule has 0 saturated carbocycles. The maximum Gasteiger partial charge on any atom is 0.00264 e. The Balaban J connectivity index is 2.97. The summed E-state index contributed by atoms with van der Waals surface area (Å²) < 4.78 is 0. The Hall–Kier alpha value is 0.700. The fraction of sp³-hybridized carbons (Fsp3) is 1.00. The molecule has 62 valence electrons. The zero-order chi connectivity index (χ0) is 7.82. The maximum absolute atomic E-state index is 2.32. The molecule has 0 aromatic heterocycles. The van der Waals surface area contributed by atoms with Gasteiger partial charge in [-0.15, -0.1) is 0 Å². The second-order valence-electron chi connectivity index (χ2n) is 2.25. The Morgan fingerprint density at radius 3 is 2.40 bits per heavy atom. The van der Waals surface area contributed by atoms with E-state index in [0.29, 0.717) is 0 Å². The van der Waals surface area contributed by atoms with Gasteiger partial charge in [0.1, 0.15) is 0 Å². The van der Waals surface area contributed by atoms with Crippen LogP contribution >= 0.6 is 23.5 Å². The fourth-order valence-corrected chi connectivity index (χ4v) is 2.57. The lowest BCUT2D eigenvalue weighted by molar-refractivity contribution is 0.917. The van der Waals surface area contributed by atoms with Gasteiger partial charge in [0.25, 0.3) is 0 Å². The van der Waals surface area contributed by atoms with Gasteiger partial charge < -0.3 is 0 Å². The lowest BCUT2D eigenvalue weighted by Crippen LogP contribution is -1.98. The minimum Gasteiger partial charge on any atom is -0.162 e. The van der Waals surface area contributed by atoms with Crippen LogP contribution < -0.4 is 0 Å². The zero-order valence-corrected chi connectivity index (χ0v) is 8.86. The molecule has 0 aliphatic rings. The van der Waals surface area contributed by atoms with Crippen LogP contribution in [-0.4, -0.2) is 22.5 Å². The van der Waals surface area contributed by atoms with E-state index in [1.165, 1.54) is 23.7 Å². The van der Waals surface area contributed by atoms with E-state index in [4.69, 9.17) is 0 Å². The van der Waals surface area contributed by atoms with E-state index in [1.807, 2.05) is 11.8 Å². The summed E-state index contributed by atoms with van der Waals surface area (Å²) in [5.74, 6) is 3.87. The van der Waals surface area contributed by atoms with Gasteiger partial charge in [-0.1, -0.05) is 20.8 Å². The lowest BCUT2D eigenvalue weighted by Gasteiger charge is -2.07. The van der Waals surface area contributed by atoms with Gasteiger partial charge in [-0.2, -0.15) is 23.5 Å². The molecule has 0 N–H and O–H groups in total. The molecule has 0 saturated heterocycles. The van der Waals surface area contributed by atoms with Crippen molar-refractivity contribution in [2.45, 2.75) is 32.4 Å². The third kappa shape index (κ3) is 6.81. The second-order valence-corrected chi connectivity index (χ2v) is 5.36. The van der Waals surface area contributed by atoms with Crippen LogP contribution in [0.1, 0.15) is 27.2 Å². The highest BCUT2D eigenvalue weighted by Gasteiger charge is 1.98. The van der Waals surface area contributed by atoms with E-state index in [2.05, 4.69) is 32.5 Å². The van der Waals surface area contributed by atoms with E-state index in [-0.39, 0.29) is 0 Å². The van der Waals surface area contributed by atoms with Crippen molar-refractivity contribution in [3.63, 3.8) is 0 Å². The molecule has 0 aromatic carbocycles. The van der Waals surface area contributed by atoms with E-state index in [9.17, 15) is 0 Å². The molecule has 1 atom stereocenters. The quantitative estimate of drug-likeness (QED) is 0.573. The van der Waals surface area contributed by atoms with Gasteiger partial charge in [-0.3, -0.25) is 0 Å². The molecular formula is C8H18S2. The molecule has 2 heteroatoms. The van der Waals surface area contributed by atoms with Gasteiger partial charge in [0.05, 0.1) is 0 Å². The van der Waals surface area contributed by atoms with Crippen molar-refractivity contribution in [2.75, 3.05) is 17.3 Å². The zero-order valence-electron chi connectivity index (χ0n) is 7.22. The van der Waals surface area contributed by atoms with Gasteiger partial charge in [0.2, 0.25) is 0 Å². The van der Waals surface area contributed by atoms with Crippen LogP contribution in [0.4, 0.5) is 0 Å². The SMILES string of the molecule is CCSCCC(C)SCC.